The average molecular weight is 333 g/mol. The average Bonchev–Trinajstić information content (AvgIpc) is 2.75. The van der Waals surface area contributed by atoms with E-state index in [0.29, 0.717) is 12.1 Å². The summed E-state index contributed by atoms with van der Waals surface area (Å²) in [6.45, 7) is 3.62. The second-order valence-electron chi connectivity index (χ2n) is 6.43. The van der Waals surface area contributed by atoms with Gasteiger partial charge in [-0.2, -0.15) is 0 Å². The number of hydrogen-bond donors (Lipinski definition) is 3. The third-order valence-corrected chi connectivity index (χ3v) is 5.38. The van der Waals surface area contributed by atoms with Crippen molar-refractivity contribution in [1.82, 2.24) is 15.4 Å². The molecule has 2 unspecified atom stereocenters. The van der Waals surface area contributed by atoms with Crippen LogP contribution in [0.3, 0.4) is 0 Å². The maximum atomic E-state index is 11.9. The summed E-state index contributed by atoms with van der Waals surface area (Å²) in [4.78, 5) is 11.9. The lowest BCUT2D eigenvalue weighted by Gasteiger charge is -2.29. The number of nitrogens with one attached hydrogen (secondary N) is 3. The summed E-state index contributed by atoms with van der Waals surface area (Å²) in [6.07, 6.45) is 4.18. The zero-order valence-electron chi connectivity index (χ0n) is 13.3. The van der Waals surface area contributed by atoms with Gasteiger partial charge < -0.3 is 15.4 Å². The van der Waals surface area contributed by atoms with Crippen molar-refractivity contribution >= 4 is 15.9 Å². The zero-order chi connectivity index (χ0) is 16.2. The molecule has 7 nitrogen and oxygen atoms in total. The second kappa shape index (κ2) is 7.72. The Morgan fingerprint density at radius 1 is 1.27 bits per heavy atom. The molecule has 2 heterocycles. The number of amides is 1. The van der Waals surface area contributed by atoms with E-state index in [2.05, 4.69) is 15.4 Å². The van der Waals surface area contributed by atoms with E-state index in [4.69, 9.17) is 4.74 Å². The third kappa shape index (κ3) is 5.83. The minimum absolute atomic E-state index is 0.00576. The molecule has 0 aromatic rings. The molecule has 1 amide bonds. The number of ether oxygens (including phenoxy) is 1. The molecule has 2 aliphatic rings. The van der Waals surface area contributed by atoms with Gasteiger partial charge in [0, 0.05) is 18.1 Å². The largest absolute Gasteiger partial charge is 0.378 e. The Bertz CT molecular complexity index is 468. The Kier molecular flexibility index (Phi) is 6.19. The van der Waals surface area contributed by atoms with Crippen molar-refractivity contribution in [2.45, 2.75) is 63.8 Å². The van der Waals surface area contributed by atoms with Crippen molar-refractivity contribution in [2.24, 2.45) is 0 Å². The van der Waals surface area contributed by atoms with E-state index in [9.17, 15) is 13.2 Å². The molecule has 2 atom stereocenters. The van der Waals surface area contributed by atoms with Crippen molar-refractivity contribution in [3.05, 3.63) is 0 Å². The van der Waals surface area contributed by atoms with Crippen molar-refractivity contribution < 1.29 is 17.9 Å². The number of fused-ring (bicyclic) bond motifs is 2. The molecular formula is C14H27N3O4S. The minimum atomic E-state index is -3.47. The van der Waals surface area contributed by atoms with E-state index in [-0.39, 0.29) is 37.0 Å². The summed E-state index contributed by atoms with van der Waals surface area (Å²) < 4.78 is 31.0. The normalized spacial score (nSPS) is 28.0. The van der Waals surface area contributed by atoms with Crippen LogP contribution in [0.1, 0.15) is 39.5 Å². The fraction of sp³-hybridized carbons (Fsp3) is 0.929. The highest BCUT2D eigenvalue weighted by atomic mass is 32.2. The smallest absolute Gasteiger partial charge is 0.235 e. The second-order valence-corrected chi connectivity index (χ2v) is 8.36. The van der Waals surface area contributed by atoms with Gasteiger partial charge in [0.05, 0.1) is 25.0 Å². The first-order valence-electron chi connectivity index (χ1n) is 7.98. The highest BCUT2D eigenvalue weighted by molar-refractivity contribution is 7.89. The van der Waals surface area contributed by atoms with Crippen LogP contribution < -0.4 is 15.4 Å². The van der Waals surface area contributed by atoms with E-state index in [1.54, 1.807) is 0 Å². The molecule has 8 heteroatoms. The van der Waals surface area contributed by atoms with Gasteiger partial charge in [-0.3, -0.25) is 4.79 Å². The highest BCUT2D eigenvalue weighted by Gasteiger charge is 2.33. The molecule has 128 valence electrons. The molecule has 0 aromatic heterocycles. The minimum Gasteiger partial charge on any atom is -0.378 e. The number of sulfonamides is 1. The Morgan fingerprint density at radius 3 is 2.50 bits per heavy atom. The Morgan fingerprint density at radius 2 is 1.91 bits per heavy atom. The molecule has 0 aromatic carbocycles. The van der Waals surface area contributed by atoms with Gasteiger partial charge in [-0.05, 0) is 39.5 Å². The van der Waals surface area contributed by atoms with Gasteiger partial charge in [-0.15, -0.1) is 0 Å². The molecule has 0 saturated carbocycles. The first kappa shape index (κ1) is 17.7. The van der Waals surface area contributed by atoms with Crippen LogP contribution >= 0.6 is 0 Å². The fourth-order valence-corrected chi connectivity index (χ4v) is 3.91. The van der Waals surface area contributed by atoms with Gasteiger partial charge in [-0.1, -0.05) is 0 Å². The van der Waals surface area contributed by atoms with Crippen LogP contribution in [-0.2, 0) is 19.6 Å². The van der Waals surface area contributed by atoms with Gasteiger partial charge in [0.25, 0.3) is 0 Å². The van der Waals surface area contributed by atoms with E-state index < -0.39 is 10.0 Å². The van der Waals surface area contributed by atoms with Gasteiger partial charge in [0.2, 0.25) is 15.9 Å². The molecule has 0 aliphatic carbocycles. The van der Waals surface area contributed by atoms with Crippen LogP contribution in [0.15, 0.2) is 0 Å². The van der Waals surface area contributed by atoms with Crippen molar-refractivity contribution in [1.29, 1.82) is 0 Å². The molecule has 0 spiro atoms. The summed E-state index contributed by atoms with van der Waals surface area (Å²) in [6, 6.07) is 1.14. The topological polar surface area (TPSA) is 96.5 Å². The SMILES string of the molecule is CC(C)OCCS(=O)(=O)NCC(=O)NC1CC2CCC(C1)N2. The van der Waals surface area contributed by atoms with E-state index in [1.807, 2.05) is 13.8 Å². The van der Waals surface area contributed by atoms with Crippen LogP contribution in [0.4, 0.5) is 0 Å². The number of carbonyl (C=O) groups is 1. The Hall–Kier alpha value is -0.700. The predicted octanol–water partition coefficient (Wildman–Crippen LogP) is -0.270. The van der Waals surface area contributed by atoms with E-state index in [1.165, 1.54) is 12.8 Å². The molecule has 2 rings (SSSR count). The van der Waals surface area contributed by atoms with Crippen molar-refractivity contribution in [3.63, 3.8) is 0 Å². The fourth-order valence-electron chi connectivity index (χ4n) is 3.10. The first-order chi connectivity index (χ1) is 10.3. The monoisotopic (exact) mass is 333 g/mol. The van der Waals surface area contributed by atoms with Gasteiger partial charge in [0.15, 0.2) is 0 Å². The zero-order valence-corrected chi connectivity index (χ0v) is 14.1. The molecule has 2 aliphatic heterocycles. The maximum absolute atomic E-state index is 11.9. The quantitative estimate of drug-likeness (QED) is 0.568. The van der Waals surface area contributed by atoms with Crippen molar-refractivity contribution in [2.75, 3.05) is 18.9 Å². The van der Waals surface area contributed by atoms with Crippen LogP contribution in [0, 0.1) is 0 Å². The van der Waals surface area contributed by atoms with Crippen LogP contribution in [0.5, 0.6) is 0 Å². The van der Waals surface area contributed by atoms with Gasteiger partial charge >= 0.3 is 0 Å². The molecule has 2 saturated heterocycles. The van der Waals surface area contributed by atoms with Crippen molar-refractivity contribution in [3.8, 4) is 0 Å². The number of rotatable bonds is 8. The molecule has 2 bridgehead atoms. The van der Waals surface area contributed by atoms with E-state index >= 15 is 0 Å². The van der Waals surface area contributed by atoms with Gasteiger partial charge in [-0.25, -0.2) is 13.1 Å². The Labute approximate surface area is 132 Å². The molecule has 22 heavy (non-hydrogen) atoms. The lowest BCUT2D eigenvalue weighted by Crippen LogP contribution is -2.50. The van der Waals surface area contributed by atoms with E-state index in [0.717, 1.165) is 12.8 Å². The molecule has 3 N–H and O–H groups in total. The summed E-state index contributed by atoms with van der Waals surface area (Å²) >= 11 is 0. The number of hydrogen-bond acceptors (Lipinski definition) is 5. The third-order valence-electron chi connectivity index (χ3n) is 4.09. The van der Waals surface area contributed by atoms with Gasteiger partial charge in [0.1, 0.15) is 0 Å². The Balaban J connectivity index is 1.66. The lowest BCUT2D eigenvalue weighted by molar-refractivity contribution is -0.120. The summed E-state index contributed by atoms with van der Waals surface area (Å²) in [5.74, 6) is -0.393. The molecular weight excluding hydrogens is 306 g/mol. The lowest BCUT2D eigenvalue weighted by atomic mass is 10.00. The number of carbonyl (C=O) groups excluding carboxylic acids is 1. The van der Waals surface area contributed by atoms with Crippen LogP contribution in [-0.4, -0.2) is 57.5 Å². The van der Waals surface area contributed by atoms with Crippen LogP contribution in [0.2, 0.25) is 0 Å². The standard InChI is InChI=1S/C14H27N3O4S/c1-10(2)21-5-6-22(19,20)15-9-14(18)17-13-7-11-3-4-12(8-13)16-11/h10-13,15-16H,3-9H2,1-2H3,(H,17,18). The molecule has 0 radical (unpaired) electrons. The van der Waals surface area contributed by atoms with Crippen LogP contribution in [0.25, 0.3) is 0 Å². The number of piperidine rings is 1. The molecule has 2 fully saturated rings. The summed E-state index contributed by atoms with van der Waals surface area (Å²) in [5, 5.41) is 6.43. The first-order valence-corrected chi connectivity index (χ1v) is 9.63. The highest BCUT2D eigenvalue weighted by Crippen LogP contribution is 2.26. The summed E-state index contributed by atoms with van der Waals surface area (Å²) in [5.41, 5.74) is 0. The predicted molar refractivity (Wildman–Crippen MR) is 84.0 cm³/mol. The maximum Gasteiger partial charge on any atom is 0.235 e. The summed E-state index contributed by atoms with van der Waals surface area (Å²) in [7, 11) is -3.47.